The lowest BCUT2D eigenvalue weighted by molar-refractivity contribution is 0.0974. The number of methoxy groups -OCH3 is 1. The first-order valence-electron chi connectivity index (χ1n) is 9.43. The molecule has 0 spiro atoms. The van der Waals surface area contributed by atoms with Crippen molar-refractivity contribution in [3.63, 3.8) is 0 Å². The Bertz CT molecular complexity index is 1340. The van der Waals surface area contributed by atoms with Crippen molar-refractivity contribution in [1.82, 2.24) is 20.3 Å². The number of hydrogen-bond donors (Lipinski definition) is 2. The second-order valence-corrected chi connectivity index (χ2v) is 8.21. The van der Waals surface area contributed by atoms with Crippen LogP contribution in [0.4, 0.5) is 10.1 Å². The van der Waals surface area contributed by atoms with Gasteiger partial charge in [-0.05, 0) is 79.3 Å². The molecule has 1 amide bonds. The number of anilines is 1. The molecule has 0 bridgehead atoms. The van der Waals surface area contributed by atoms with Crippen LogP contribution < -0.4 is 15.4 Å². The van der Waals surface area contributed by atoms with E-state index in [0.29, 0.717) is 33.7 Å². The number of carbonyl (C=O) groups excluding carboxylic acids is 1. The summed E-state index contributed by atoms with van der Waals surface area (Å²) in [5, 5.41) is 14.6. The van der Waals surface area contributed by atoms with Crippen molar-refractivity contribution in [3.8, 4) is 11.4 Å². The van der Waals surface area contributed by atoms with Crippen molar-refractivity contribution >= 4 is 55.9 Å². The third kappa shape index (κ3) is 4.61. The molecule has 4 aromatic rings. The molecule has 0 aliphatic heterocycles. The Kier molecular flexibility index (Phi) is 6.15. The van der Waals surface area contributed by atoms with Crippen molar-refractivity contribution in [2.45, 2.75) is 6.92 Å². The quantitative estimate of drug-likeness (QED) is 0.382. The number of halogens is 2. The molecular weight excluding hydrogens is 497 g/mol. The normalized spacial score (nSPS) is 10.8. The number of hydrogen-bond acceptors (Lipinski definition) is 5. The van der Waals surface area contributed by atoms with Crippen molar-refractivity contribution < 1.29 is 13.9 Å². The number of nitrogens with one attached hydrogen (secondary N) is 2. The monoisotopic (exact) mass is 513 g/mol. The van der Waals surface area contributed by atoms with Gasteiger partial charge in [-0.2, -0.15) is 4.80 Å². The zero-order valence-electron chi connectivity index (χ0n) is 17.0. The van der Waals surface area contributed by atoms with Gasteiger partial charge in [0.05, 0.1) is 18.4 Å². The number of nitrogens with zero attached hydrogens (tertiary/aromatic N) is 3. The fourth-order valence-corrected chi connectivity index (χ4v) is 3.97. The van der Waals surface area contributed by atoms with E-state index in [0.717, 1.165) is 10.0 Å². The topological polar surface area (TPSA) is 81.1 Å². The predicted molar refractivity (Wildman–Crippen MR) is 128 cm³/mol. The maximum absolute atomic E-state index is 13.2. The van der Waals surface area contributed by atoms with Crippen molar-refractivity contribution in [2.75, 3.05) is 12.4 Å². The highest BCUT2D eigenvalue weighted by atomic mass is 79.9. The molecule has 0 saturated heterocycles. The van der Waals surface area contributed by atoms with E-state index in [1.165, 1.54) is 24.0 Å². The maximum Gasteiger partial charge on any atom is 0.261 e. The summed E-state index contributed by atoms with van der Waals surface area (Å²) in [5.74, 6) is -0.248. The summed E-state index contributed by atoms with van der Waals surface area (Å²) in [6.07, 6.45) is 0. The first kappa shape index (κ1) is 21.8. The van der Waals surface area contributed by atoms with Crippen LogP contribution in [0.1, 0.15) is 15.9 Å². The number of fused-ring (bicyclic) bond motifs is 1. The average Bonchev–Trinajstić information content (AvgIpc) is 3.17. The van der Waals surface area contributed by atoms with Crippen LogP contribution in [0, 0.1) is 12.7 Å². The van der Waals surface area contributed by atoms with Crippen LogP contribution in [0.25, 0.3) is 16.7 Å². The Balaban J connectivity index is 1.50. The molecule has 0 aliphatic rings. The van der Waals surface area contributed by atoms with E-state index < -0.39 is 5.91 Å². The van der Waals surface area contributed by atoms with E-state index in [1.807, 2.05) is 13.0 Å². The van der Waals surface area contributed by atoms with Gasteiger partial charge in [-0.3, -0.25) is 10.1 Å². The molecular formula is C22H17BrFN5O2S. The average molecular weight is 514 g/mol. The van der Waals surface area contributed by atoms with E-state index in [9.17, 15) is 9.18 Å². The predicted octanol–water partition coefficient (Wildman–Crippen LogP) is 4.77. The summed E-state index contributed by atoms with van der Waals surface area (Å²) in [6, 6.07) is 14.7. The fraction of sp³-hybridized carbons (Fsp3) is 0.0909. The van der Waals surface area contributed by atoms with Crippen LogP contribution in [0.5, 0.6) is 5.75 Å². The molecule has 2 N–H and O–H groups in total. The summed E-state index contributed by atoms with van der Waals surface area (Å²) < 4.78 is 19.3. The first-order valence-corrected chi connectivity index (χ1v) is 10.6. The van der Waals surface area contributed by atoms with Gasteiger partial charge in [-0.15, -0.1) is 10.2 Å². The smallest absolute Gasteiger partial charge is 0.261 e. The standard InChI is InChI=1S/C22H17BrFN5O2S/c1-12-9-13(23)10-17(20(12)31-2)21(30)26-22(32)25-15-5-8-18-19(11-15)28-29(27-18)16-6-3-14(24)4-7-16/h3-11H,1-2H3,(H2,25,26,30,32). The zero-order chi connectivity index (χ0) is 22.8. The Morgan fingerprint density at radius 2 is 1.81 bits per heavy atom. The number of aromatic nitrogens is 3. The van der Waals surface area contributed by atoms with Crippen molar-refractivity contribution in [3.05, 3.63) is 76.0 Å². The first-order chi connectivity index (χ1) is 15.3. The third-order valence-electron chi connectivity index (χ3n) is 4.61. The molecule has 10 heteroatoms. The highest BCUT2D eigenvalue weighted by molar-refractivity contribution is 9.10. The third-order valence-corrected chi connectivity index (χ3v) is 5.27. The zero-order valence-corrected chi connectivity index (χ0v) is 19.4. The number of rotatable bonds is 4. The van der Waals surface area contributed by atoms with E-state index in [1.54, 1.807) is 36.4 Å². The van der Waals surface area contributed by atoms with Crippen LogP contribution >= 0.6 is 28.1 Å². The van der Waals surface area contributed by atoms with Crippen molar-refractivity contribution in [1.29, 1.82) is 0 Å². The Morgan fingerprint density at radius 1 is 1.09 bits per heavy atom. The molecule has 0 unspecified atom stereocenters. The van der Waals surface area contributed by atoms with Crippen LogP contribution in [0.2, 0.25) is 0 Å². The number of ether oxygens (including phenoxy) is 1. The Morgan fingerprint density at radius 3 is 2.53 bits per heavy atom. The molecule has 1 heterocycles. The molecule has 0 fully saturated rings. The second-order valence-electron chi connectivity index (χ2n) is 6.88. The maximum atomic E-state index is 13.2. The largest absolute Gasteiger partial charge is 0.496 e. The van der Waals surface area contributed by atoms with Gasteiger partial charge in [0.1, 0.15) is 22.6 Å². The lowest BCUT2D eigenvalue weighted by atomic mass is 10.1. The molecule has 1 aromatic heterocycles. The molecule has 32 heavy (non-hydrogen) atoms. The van der Waals surface area contributed by atoms with Gasteiger partial charge in [0.25, 0.3) is 5.91 Å². The Hall–Kier alpha value is -3.37. The summed E-state index contributed by atoms with van der Waals surface area (Å²) in [7, 11) is 1.51. The number of aryl methyl sites for hydroxylation is 1. The number of amides is 1. The van der Waals surface area contributed by atoms with Gasteiger partial charge in [-0.1, -0.05) is 15.9 Å². The van der Waals surface area contributed by atoms with E-state index >= 15 is 0 Å². The van der Waals surface area contributed by atoms with Gasteiger partial charge in [0.15, 0.2) is 5.11 Å². The minimum atomic E-state index is -0.396. The van der Waals surface area contributed by atoms with E-state index in [2.05, 4.69) is 36.8 Å². The van der Waals surface area contributed by atoms with Gasteiger partial charge in [-0.25, -0.2) is 4.39 Å². The molecule has 0 saturated carbocycles. The summed E-state index contributed by atoms with van der Waals surface area (Å²) in [4.78, 5) is 14.2. The van der Waals surface area contributed by atoms with Crippen molar-refractivity contribution in [2.24, 2.45) is 0 Å². The van der Waals surface area contributed by atoms with Gasteiger partial charge in [0.2, 0.25) is 0 Å². The second kappa shape index (κ2) is 9.01. The SMILES string of the molecule is COc1c(C)cc(Br)cc1C(=O)NC(=S)Nc1ccc2nn(-c3ccc(F)cc3)nc2c1. The molecule has 0 radical (unpaired) electrons. The van der Waals surface area contributed by atoms with Gasteiger partial charge < -0.3 is 10.1 Å². The molecule has 3 aromatic carbocycles. The number of benzene rings is 3. The van der Waals surface area contributed by atoms with Crippen LogP contribution in [-0.4, -0.2) is 33.1 Å². The number of carbonyl (C=O) groups is 1. The van der Waals surface area contributed by atoms with Crippen LogP contribution in [-0.2, 0) is 0 Å². The molecule has 7 nitrogen and oxygen atoms in total. The highest BCUT2D eigenvalue weighted by Gasteiger charge is 2.17. The minimum Gasteiger partial charge on any atom is -0.496 e. The van der Waals surface area contributed by atoms with Gasteiger partial charge in [0, 0.05) is 10.2 Å². The lowest BCUT2D eigenvalue weighted by Gasteiger charge is -2.13. The lowest BCUT2D eigenvalue weighted by Crippen LogP contribution is -2.34. The Labute approximate surface area is 196 Å². The van der Waals surface area contributed by atoms with Crippen LogP contribution in [0.3, 0.4) is 0 Å². The molecule has 0 atom stereocenters. The van der Waals surface area contributed by atoms with Gasteiger partial charge >= 0.3 is 0 Å². The summed E-state index contributed by atoms with van der Waals surface area (Å²) >= 11 is 8.69. The van der Waals surface area contributed by atoms with E-state index in [4.69, 9.17) is 17.0 Å². The summed E-state index contributed by atoms with van der Waals surface area (Å²) in [5.41, 5.74) is 3.72. The number of thiocarbonyl (C=S) groups is 1. The fourth-order valence-electron chi connectivity index (χ4n) is 3.18. The van der Waals surface area contributed by atoms with Crippen LogP contribution in [0.15, 0.2) is 59.1 Å². The minimum absolute atomic E-state index is 0.125. The molecule has 4 rings (SSSR count). The highest BCUT2D eigenvalue weighted by Crippen LogP contribution is 2.27. The molecule has 162 valence electrons. The summed E-state index contributed by atoms with van der Waals surface area (Å²) in [6.45, 7) is 1.85. The van der Waals surface area contributed by atoms with E-state index in [-0.39, 0.29) is 10.9 Å². The molecule has 0 aliphatic carbocycles.